The first kappa shape index (κ1) is 11.7. The fourth-order valence-electron chi connectivity index (χ4n) is 3.30. The molecule has 0 saturated carbocycles. The highest BCUT2D eigenvalue weighted by Crippen LogP contribution is 2.30. The van der Waals surface area contributed by atoms with E-state index in [0.29, 0.717) is 0 Å². The van der Waals surface area contributed by atoms with Gasteiger partial charge in [0.25, 0.3) is 0 Å². The SMILES string of the molecule is C[Si]1(C)c2ccccc2-c2ccc(-c3ccco3)cc21. The molecule has 2 heteroatoms. The van der Waals surface area contributed by atoms with E-state index in [-0.39, 0.29) is 0 Å². The predicted molar refractivity (Wildman–Crippen MR) is 86.3 cm³/mol. The molecule has 1 aliphatic heterocycles. The molecule has 0 amide bonds. The lowest BCUT2D eigenvalue weighted by molar-refractivity contribution is 0.582. The van der Waals surface area contributed by atoms with Gasteiger partial charge in [-0.25, -0.2) is 0 Å². The zero-order chi connectivity index (χ0) is 13.7. The van der Waals surface area contributed by atoms with Crippen molar-refractivity contribution in [3.05, 3.63) is 60.9 Å². The third-order valence-corrected chi connectivity index (χ3v) is 7.93. The van der Waals surface area contributed by atoms with Gasteiger partial charge in [0.1, 0.15) is 13.8 Å². The lowest BCUT2D eigenvalue weighted by atomic mass is 10.0. The summed E-state index contributed by atoms with van der Waals surface area (Å²) >= 11 is 0. The van der Waals surface area contributed by atoms with Crippen LogP contribution in [0.15, 0.2) is 65.3 Å². The Kier molecular flexibility index (Phi) is 2.33. The van der Waals surface area contributed by atoms with Crippen molar-refractivity contribution in [3.8, 4) is 22.5 Å². The van der Waals surface area contributed by atoms with Crippen LogP contribution in [0.3, 0.4) is 0 Å². The maximum Gasteiger partial charge on any atom is 0.133 e. The second-order valence-corrected chi connectivity index (χ2v) is 10.2. The van der Waals surface area contributed by atoms with Gasteiger partial charge in [0.05, 0.1) is 6.26 Å². The van der Waals surface area contributed by atoms with Gasteiger partial charge in [-0.15, -0.1) is 0 Å². The molecular weight excluding hydrogens is 260 g/mol. The molecule has 0 unspecified atom stereocenters. The number of benzene rings is 2. The Labute approximate surface area is 119 Å². The largest absolute Gasteiger partial charge is 0.464 e. The molecule has 3 aromatic rings. The van der Waals surface area contributed by atoms with Crippen molar-refractivity contribution in [2.45, 2.75) is 13.1 Å². The van der Waals surface area contributed by atoms with Crippen molar-refractivity contribution in [2.24, 2.45) is 0 Å². The number of hydrogen-bond donors (Lipinski definition) is 0. The van der Waals surface area contributed by atoms with Gasteiger partial charge in [-0.05, 0) is 33.6 Å². The van der Waals surface area contributed by atoms with Gasteiger partial charge in [-0.1, -0.05) is 55.6 Å². The molecule has 1 nitrogen and oxygen atoms in total. The Morgan fingerprint density at radius 1 is 0.800 bits per heavy atom. The first-order valence-corrected chi connectivity index (χ1v) is 9.96. The van der Waals surface area contributed by atoms with E-state index in [4.69, 9.17) is 4.42 Å². The molecule has 0 saturated heterocycles. The van der Waals surface area contributed by atoms with Gasteiger partial charge < -0.3 is 4.42 Å². The maximum atomic E-state index is 5.54. The summed E-state index contributed by atoms with van der Waals surface area (Å²) in [4.78, 5) is 0. The van der Waals surface area contributed by atoms with Gasteiger partial charge >= 0.3 is 0 Å². The summed E-state index contributed by atoms with van der Waals surface area (Å²) in [6.45, 7) is 4.87. The second-order valence-electron chi connectivity index (χ2n) is 5.91. The number of rotatable bonds is 1. The molecule has 0 radical (unpaired) electrons. The number of furan rings is 1. The van der Waals surface area contributed by atoms with Crippen LogP contribution in [0.2, 0.25) is 13.1 Å². The molecule has 0 N–H and O–H groups in total. The van der Waals surface area contributed by atoms with Crippen LogP contribution in [-0.2, 0) is 0 Å². The van der Waals surface area contributed by atoms with Gasteiger partial charge in [0.2, 0.25) is 0 Å². The van der Waals surface area contributed by atoms with Gasteiger partial charge in [0, 0.05) is 5.56 Å². The molecular formula is C18H16OSi. The topological polar surface area (TPSA) is 13.1 Å². The van der Waals surface area contributed by atoms with Crippen LogP contribution in [0.4, 0.5) is 0 Å². The van der Waals surface area contributed by atoms with Crippen molar-refractivity contribution in [2.75, 3.05) is 0 Å². The van der Waals surface area contributed by atoms with Crippen molar-refractivity contribution >= 4 is 18.4 Å². The summed E-state index contributed by atoms with van der Waals surface area (Å²) in [5.41, 5.74) is 4.01. The monoisotopic (exact) mass is 276 g/mol. The summed E-state index contributed by atoms with van der Waals surface area (Å²) in [6, 6.07) is 19.6. The molecule has 1 aromatic heterocycles. The number of fused-ring (bicyclic) bond motifs is 3. The Morgan fingerprint density at radius 2 is 1.60 bits per heavy atom. The van der Waals surface area contributed by atoms with Crippen LogP contribution < -0.4 is 10.4 Å². The van der Waals surface area contributed by atoms with E-state index in [1.807, 2.05) is 12.1 Å². The summed E-state index contributed by atoms with van der Waals surface area (Å²) in [7, 11) is -1.57. The molecule has 20 heavy (non-hydrogen) atoms. The fourth-order valence-corrected chi connectivity index (χ4v) is 6.40. The highest BCUT2D eigenvalue weighted by atomic mass is 28.3. The lowest BCUT2D eigenvalue weighted by Crippen LogP contribution is -2.49. The minimum atomic E-state index is -1.57. The molecule has 4 rings (SSSR count). The van der Waals surface area contributed by atoms with Gasteiger partial charge in [-0.2, -0.15) is 0 Å². The van der Waals surface area contributed by atoms with Crippen molar-refractivity contribution in [1.29, 1.82) is 0 Å². The van der Waals surface area contributed by atoms with Crippen molar-refractivity contribution in [1.82, 2.24) is 0 Å². The Balaban J connectivity index is 1.97. The molecule has 0 bridgehead atoms. The quantitative estimate of drug-likeness (QED) is 0.617. The van der Waals surface area contributed by atoms with Gasteiger partial charge in [0.15, 0.2) is 0 Å². The van der Waals surface area contributed by atoms with Crippen LogP contribution in [0, 0.1) is 0 Å². The van der Waals surface area contributed by atoms with E-state index in [9.17, 15) is 0 Å². The first-order chi connectivity index (χ1) is 9.68. The van der Waals surface area contributed by atoms with Crippen LogP contribution in [0.25, 0.3) is 22.5 Å². The molecule has 1 aliphatic rings. The average Bonchev–Trinajstić information content (AvgIpc) is 3.07. The molecule has 0 atom stereocenters. The molecule has 0 spiro atoms. The molecule has 2 heterocycles. The lowest BCUT2D eigenvalue weighted by Gasteiger charge is -2.19. The summed E-state index contributed by atoms with van der Waals surface area (Å²) in [6.07, 6.45) is 1.74. The Morgan fingerprint density at radius 3 is 2.40 bits per heavy atom. The van der Waals surface area contributed by atoms with Crippen LogP contribution >= 0.6 is 0 Å². The van der Waals surface area contributed by atoms with Crippen LogP contribution in [0.5, 0.6) is 0 Å². The van der Waals surface area contributed by atoms with Crippen LogP contribution in [-0.4, -0.2) is 8.07 Å². The zero-order valence-electron chi connectivity index (χ0n) is 11.7. The van der Waals surface area contributed by atoms with E-state index in [2.05, 4.69) is 55.6 Å². The van der Waals surface area contributed by atoms with Crippen LogP contribution in [0.1, 0.15) is 0 Å². The summed E-state index contributed by atoms with van der Waals surface area (Å²) in [5.74, 6) is 0.952. The first-order valence-electron chi connectivity index (χ1n) is 6.96. The summed E-state index contributed by atoms with van der Waals surface area (Å²) < 4.78 is 5.54. The van der Waals surface area contributed by atoms with Crippen molar-refractivity contribution < 1.29 is 4.42 Å². The predicted octanol–water partition coefficient (Wildman–Crippen LogP) is 3.75. The molecule has 0 aliphatic carbocycles. The third kappa shape index (κ3) is 1.48. The standard InChI is InChI=1S/C18H16OSi/c1-20(2)17-8-4-3-6-14(17)15-10-9-13(12-18(15)20)16-7-5-11-19-16/h3-12H,1-2H3. The fraction of sp³-hybridized carbons (Fsp3) is 0.111. The summed E-state index contributed by atoms with van der Waals surface area (Å²) in [5, 5.41) is 3.07. The third-order valence-electron chi connectivity index (χ3n) is 4.39. The van der Waals surface area contributed by atoms with Crippen molar-refractivity contribution in [3.63, 3.8) is 0 Å². The molecule has 98 valence electrons. The highest BCUT2D eigenvalue weighted by Gasteiger charge is 2.37. The average molecular weight is 276 g/mol. The van der Waals surface area contributed by atoms with E-state index < -0.39 is 8.07 Å². The smallest absolute Gasteiger partial charge is 0.133 e. The van der Waals surface area contributed by atoms with E-state index in [1.165, 1.54) is 21.9 Å². The Bertz CT molecular complexity index is 785. The second kappa shape index (κ2) is 3.97. The minimum Gasteiger partial charge on any atom is -0.464 e. The molecule has 2 aromatic carbocycles. The normalized spacial score (nSPS) is 14.9. The van der Waals surface area contributed by atoms with E-state index in [1.54, 1.807) is 11.4 Å². The molecule has 0 fully saturated rings. The zero-order valence-corrected chi connectivity index (χ0v) is 12.7. The van der Waals surface area contributed by atoms with Gasteiger partial charge in [-0.3, -0.25) is 0 Å². The minimum absolute atomic E-state index is 0.952. The number of hydrogen-bond acceptors (Lipinski definition) is 1. The maximum absolute atomic E-state index is 5.54. The van der Waals surface area contributed by atoms with E-state index in [0.717, 1.165) is 5.76 Å². The Hall–Kier alpha value is -2.06. The highest BCUT2D eigenvalue weighted by molar-refractivity contribution is 7.03. The van der Waals surface area contributed by atoms with E-state index >= 15 is 0 Å².